The van der Waals surface area contributed by atoms with E-state index in [2.05, 4.69) is 9.84 Å². The molecule has 7 heteroatoms. The van der Waals surface area contributed by atoms with E-state index >= 15 is 0 Å². The maximum absolute atomic E-state index is 12.2. The summed E-state index contributed by atoms with van der Waals surface area (Å²) in [5, 5.41) is 14.0. The van der Waals surface area contributed by atoms with Crippen LogP contribution in [0.4, 0.5) is 13.2 Å². The van der Waals surface area contributed by atoms with Crippen LogP contribution in [0.2, 0.25) is 0 Å². The van der Waals surface area contributed by atoms with Crippen LogP contribution in [0.15, 0.2) is 24.4 Å². The second-order valence-electron chi connectivity index (χ2n) is 4.21. The van der Waals surface area contributed by atoms with Gasteiger partial charge in [0.15, 0.2) is 0 Å². The van der Waals surface area contributed by atoms with Crippen LogP contribution in [0.5, 0.6) is 11.5 Å². The van der Waals surface area contributed by atoms with Crippen LogP contribution >= 0.6 is 0 Å². The van der Waals surface area contributed by atoms with Gasteiger partial charge in [0.1, 0.15) is 11.5 Å². The molecule has 0 fully saturated rings. The molecule has 0 aliphatic carbocycles. The lowest BCUT2D eigenvalue weighted by Crippen LogP contribution is -2.17. The summed E-state index contributed by atoms with van der Waals surface area (Å²) in [5.41, 5.74) is 1.44. The quantitative estimate of drug-likeness (QED) is 0.939. The van der Waals surface area contributed by atoms with Gasteiger partial charge in [0.05, 0.1) is 5.69 Å². The van der Waals surface area contributed by atoms with E-state index in [0.717, 1.165) is 12.1 Å². The van der Waals surface area contributed by atoms with Crippen LogP contribution in [0.3, 0.4) is 0 Å². The lowest BCUT2D eigenvalue weighted by molar-refractivity contribution is -0.274. The van der Waals surface area contributed by atoms with Crippen molar-refractivity contribution in [3.05, 3.63) is 30.1 Å². The first-order valence-electron chi connectivity index (χ1n) is 5.93. The molecule has 0 saturated carbocycles. The van der Waals surface area contributed by atoms with Crippen molar-refractivity contribution in [2.45, 2.75) is 26.8 Å². The Morgan fingerprint density at radius 3 is 2.55 bits per heavy atom. The third-order valence-electron chi connectivity index (χ3n) is 2.76. The summed E-state index contributed by atoms with van der Waals surface area (Å²) in [6.07, 6.45) is -3.10. The fourth-order valence-electron chi connectivity index (χ4n) is 1.87. The first-order valence-corrected chi connectivity index (χ1v) is 5.93. The smallest absolute Gasteiger partial charge is 0.507 e. The molecule has 1 aromatic carbocycles. The minimum absolute atomic E-state index is 0.127. The number of ether oxygens (including phenoxy) is 1. The molecule has 0 aliphatic rings. The molecule has 0 radical (unpaired) electrons. The zero-order chi connectivity index (χ0) is 14.9. The molecule has 20 heavy (non-hydrogen) atoms. The van der Waals surface area contributed by atoms with Gasteiger partial charge in [0.25, 0.3) is 0 Å². The minimum Gasteiger partial charge on any atom is -0.507 e. The molecule has 4 nitrogen and oxygen atoms in total. The lowest BCUT2D eigenvalue weighted by Gasteiger charge is -2.11. The van der Waals surface area contributed by atoms with E-state index in [4.69, 9.17) is 0 Å². The average Bonchev–Trinajstić information content (AvgIpc) is 2.71. The van der Waals surface area contributed by atoms with Gasteiger partial charge in [0, 0.05) is 23.9 Å². The SMILES string of the molecule is CCn1cc(-c2cc(OC(F)(F)F)ccc2O)c(C)n1. The van der Waals surface area contributed by atoms with Crippen LogP contribution in [0.25, 0.3) is 11.1 Å². The number of benzene rings is 1. The van der Waals surface area contributed by atoms with Gasteiger partial charge in [-0.1, -0.05) is 0 Å². The van der Waals surface area contributed by atoms with Crippen molar-refractivity contribution >= 4 is 0 Å². The molecule has 108 valence electrons. The number of phenols is 1. The van der Waals surface area contributed by atoms with Gasteiger partial charge < -0.3 is 9.84 Å². The van der Waals surface area contributed by atoms with Gasteiger partial charge in [-0.05, 0) is 32.0 Å². The summed E-state index contributed by atoms with van der Waals surface area (Å²) in [5.74, 6) is -0.507. The predicted octanol–water partition coefficient (Wildman–Crippen LogP) is 3.48. The zero-order valence-corrected chi connectivity index (χ0v) is 10.9. The molecule has 1 N–H and O–H groups in total. The lowest BCUT2D eigenvalue weighted by atomic mass is 10.1. The number of nitrogens with zero attached hydrogens (tertiary/aromatic N) is 2. The van der Waals surface area contributed by atoms with Gasteiger partial charge in [-0.25, -0.2) is 0 Å². The molecule has 0 spiro atoms. The summed E-state index contributed by atoms with van der Waals surface area (Å²) in [4.78, 5) is 0. The highest BCUT2D eigenvalue weighted by Gasteiger charge is 2.31. The van der Waals surface area contributed by atoms with Crippen molar-refractivity contribution in [1.29, 1.82) is 0 Å². The second-order valence-corrected chi connectivity index (χ2v) is 4.21. The molecular formula is C13H13F3N2O2. The average molecular weight is 286 g/mol. The number of aryl methyl sites for hydroxylation is 2. The number of hydrogen-bond donors (Lipinski definition) is 1. The molecule has 0 atom stereocenters. The fraction of sp³-hybridized carbons (Fsp3) is 0.308. The molecule has 0 bridgehead atoms. The molecule has 1 aromatic heterocycles. The monoisotopic (exact) mass is 286 g/mol. The van der Waals surface area contributed by atoms with E-state index < -0.39 is 6.36 Å². The summed E-state index contributed by atoms with van der Waals surface area (Å²) in [7, 11) is 0. The first-order chi connectivity index (χ1) is 9.30. The van der Waals surface area contributed by atoms with Crippen molar-refractivity contribution < 1.29 is 23.0 Å². The Morgan fingerprint density at radius 1 is 1.30 bits per heavy atom. The first kappa shape index (κ1) is 14.2. The van der Waals surface area contributed by atoms with E-state index in [1.54, 1.807) is 17.8 Å². The number of phenolic OH excluding ortho intramolecular Hbond substituents is 1. The number of aromatic hydroxyl groups is 1. The third kappa shape index (κ3) is 3.04. The number of rotatable bonds is 3. The standard InChI is InChI=1S/C13H13F3N2O2/c1-3-18-7-11(8(2)17-18)10-6-9(4-5-12(10)19)20-13(14,15)16/h4-7,19H,3H2,1-2H3. The Hall–Kier alpha value is -2.18. The fourth-order valence-corrected chi connectivity index (χ4v) is 1.87. The van der Waals surface area contributed by atoms with Crippen molar-refractivity contribution in [1.82, 2.24) is 9.78 Å². The molecule has 1 heterocycles. The van der Waals surface area contributed by atoms with E-state index in [9.17, 15) is 18.3 Å². The van der Waals surface area contributed by atoms with Crippen molar-refractivity contribution in [3.8, 4) is 22.6 Å². The number of alkyl halides is 3. The van der Waals surface area contributed by atoms with Crippen LogP contribution in [-0.4, -0.2) is 21.2 Å². The topological polar surface area (TPSA) is 47.3 Å². The molecule has 2 aromatic rings. The highest BCUT2D eigenvalue weighted by molar-refractivity contribution is 5.72. The van der Waals surface area contributed by atoms with Gasteiger partial charge in [-0.2, -0.15) is 5.10 Å². The summed E-state index contributed by atoms with van der Waals surface area (Å²) in [6.45, 7) is 4.23. The van der Waals surface area contributed by atoms with Crippen LogP contribution in [0, 0.1) is 6.92 Å². The van der Waals surface area contributed by atoms with Gasteiger partial charge in [-0.3, -0.25) is 4.68 Å². The van der Waals surface area contributed by atoms with Gasteiger partial charge >= 0.3 is 6.36 Å². The predicted molar refractivity (Wildman–Crippen MR) is 66.4 cm³/mol. The van der Waals surface area contributed by atoms with Crippen LogP contribution < -0.4 is 4.74 Å². The van der Waals surface area contributed by atoms with E-state index in [-0.39, 0.29) is 17.1 Å². The maximum atomic E-state index is 12.2. The van der Waals surface area contributed by atoms with E-state index in [0.29, 0.717) is 17.8 Å². The Kier molecular flexibility index (Phi) is 3.61. The molecule has 0 saturated heterocycles. The molecule has 2 rings (SSSR count). The van der Waals surface area contributed by atoms with Gasteiger partial charge in [-0.15, -0.1) is 13.2 Å². The van der Waals surface area contributed by atoms with Crippen LogP contribution in [-0.2, 0) is 6.54 Å². The highest BCUT2D eigenvalue weighted by Crippen LogP contribution is 2.35. The summed E-state index contributed by atoms with van der Waals surface area (Å²) < 4.78 is 42.1. The zero-order valence-electron chi connectivity index (χ0n) is 10.9. The number of aromatic nitrogens is 2. The molecule has 0 aliphatic heterocycles. The number of hydrogen-bond acceptors (Lipinski definition) is 3. The van der Waals surface area contributed by atoms with Gasteiger partial charge in [0.2, 0.25) is 0 Å². The largest absolute Gasteiger partial charge is 0.573 e. The molecule has 0 unspecified atom stereocenters. The molecule has 0 amide bonds. The summed E-state index contributed by atoms with van der Waals surface area (Å²) >= 11 is 0. The Bertz CT molecular complexity index is 621. The Balaban J connectivity index is 2.44. The Morgan fingerprint density at radius 2 is 2.00 bits per heavy atom. The van der Waals surface area contributed by atoms with E-state index in [1.807, 2.05) is 6.92 Å². The maximum Gasteiger partial charge on any atom is 0.573 e. The molecular weight excluding hydrogens is 273 g/mol. The number of halogens is 3. The van der Waals surface area contributed by atoms with Crippen molar-refractivity contribution in [3.63, 3.8) is 0 Å². The normalized spacial score (nSPS) is 11.7. The van der Waals surface area contributed by atoms with E-state index in [1.165, 1.54) is 6.07 Å². The minimum atomic E-state index is -4.77. The highest BCUT2D eigenvalue weighted by atomic mass is 19.4. The van der Waals surface area contributed by atoms with Crippen molar-refractivity contribution in [2.24, 2.45) is 0 Å². The van der Waals surface area contributed by atoms with Crippen molar-refractivity contribution in [2.75, 3.05) is 0 Å². The Labute approximate surface area is 113 Å². The second kappa shape index (κ2) is 5.07. The van der Waals surface area contributed by atoms with Crippen LogP contribution in [0.1, 0.15) is 12.6 Å². The summed E-state index contributed by atoms with van der Waals surface area (Å²) in [6, 6.07) is 3.37. The third-order valence-corrected chi connectivity index (χ3v) is 2.76.